The average Bonchev–Trinajstić information content (AvgIpc) is 2.14. The first-order chi connectivity index (χ1) is 6.61. The number of carboxylic acids is 1. The zero-order chi connectivity index (χ0) is 11.0. The van der Waals surface area contributed by atoms with Gasteiger partial charge in [-0.3, -0.25) is 9.59 Å². The van der Waals surface area contributed by atoms with E-state index < -0.39 is 5.97 Å². The van der Waals surface area contributed by atoms with Gasteiger partial charge in [0, 0.05) is 13.2 Å². The SMILES string of the molecule is CCOCCC(=O)N(CC)CC(=O)O. The largest absolute Gasteiger partial charge is 0.480 e. The van der Waals surface area contributed by atoms with E-state index in [1.807, 2.05) is 6.92 Å². The van der Waals surface area contributed by atoms with Crippen molar-refractivity contribution in [2.75, 3.05) is 26.3 Å². The molecule has 0 aliphatic carbocycles. The monoisotopic (exact) mass is 203 g/mol. The second-order valence-corrected chi connectivity index (χ2v) is 2.75. The second-order valence-electron chi connectivity index (χ2n) is 2.75. The Hall–Kier alpha value is -1.10. The summed E-state index contributed by atoms with van der Waals surface area (Å²) in [6, 6.07) is 0. The molecule has 0 aromatic heterocycles. The van der Waals surface area contributed by atoms with Gasteiger partial charge in [-0.05, 0) is 13.8 Å². The summed E-state index contributed by atoms with van der Waals surface area (Å²) in [5.74, 6) is -1.17. The molecule has 14 heavy (non-hydrogen) atoms. The highest BCUT2D eigenvalue weighted by Gasteiger charge is 2.13. The predicted molar refractivity (Wildman–Crippen MR) is 51.0 cm³/mol. The Bertz CT molecular complexity index is 193. The van der Waals surface area contributed by atoms with Crippen LogP contribution in [0, 0.1) is 0 Å². The molecule has 0 aliphatic rings. The van der Waals surface area contributed by atoms with E-state index in [0.717, 1.165) is 0 Å². The zero-order valence-electron chi connectivity index (χ0n) is 8.65. The van der Waals surface area contributed by atoms with Gasteiger partial charge in [0.2, 0.25) is 5.91 Å². The van der Waals surface area contributed by atoms with Gasteiger partial charge in [-0.2, -0.15) is 0 Å². The Labute approximate surface area is 83.6 Å². The highest BCUT2D eigenvalue weighted by molar-refractivity contribution is 5.81. The van der Waals surface area contributed by atoms with Crippen LogP contribution in [0.1, 0.15) is 20.3 Å². The minimum absolute atomic E-state index is 0.177. The second kappa shape index (κ2) is 7.32. The third-order valence-corrected chi connectivity index (χ3v) is 1.72. The molecule has 1 amide bonds. The highest BCUT2D eigenvalue weighted by Crippen LogP contribution is 1.94. The van der Waals surface area contributed by atoms with Gasteiger partial charge < -0.3 is 14.7 Å². The average molecular weight is 203 g/mol. The van der Waals surface area contributed by atoms with Crippen LogP contribution in [0.4, 0.5) is 0 Å². The summed E-state index contributed by atoms with van der Waals surface area (Å²) < 4.78 is 5.01. The number of carboxylic acid groups (broad SMARTS) is 1. The summed E-state index contributed by atoms with van der Waals surface area (Å²) in [7, 11) is 0. The maximum absolute atomic E-state index is 11.4. The van der Waals surface area contributed by atoms with E-state index in [4.69, 9.17) is 9.84 Å². The molecule has 0 unspecified atom stereocenters. The van der Waals surface area contributed by atoms with Gasteiger partial charge in [-0.1, -0.05) is 0 Å². The molecular formula is C9H17NO4. The number of amides is 1. The van der Waals surface area contributed by atoms with Crippen molar-refractivity contribution in [2.24, 2.45) is 0 Å². The molecule has 0 rings (SSSR count). The number of likely N-dealkylation sites (N-methyl/N-ethyl adjacent to an activating group) is 1. The Morgan fingerprint density at radius 2 is 2.00 bits per heavy atom. The van der Waals surface area contributed by atoms with E-state index in [1.54, 1.807) is 6.92 Å². The fourth-order valence-corrected chi connectivity index (χ4v) is 1.00. The number of carbonyl (C=O) groups is 2. The van der Waals surface area contributed by atoms with Crippen LogP contribution >= 0.6 is 0 Å². The van der Waals surface area contributed by atoms with Crippen molar-refractivity contribution in [1.82, 2.24) is 4.90 Å². The number of hydrogen-bond donors (Lipinski definition) is 1. The van der Waals surface area contributed by atoms with Crippen molar-refractivity contribution in [3.63, 3.8) is 0 Å². The highest BCUT2D eigenvalue weighted by atomic mass is 16.5. The zero-order valence-corrected chi connectivity index (χ0v) is 8.65. The lowest BCUT2D eigenvalue weighted by atomic mass is 10.3. The summed E-state index contributed by atoms with van der Waals surface area (Å²) in [4.78, 5) is 23.0. The van der Waals surface area contributed by atoms with Crippen molar-refractivity contribution in [1.29, 1.82) is 0 Å². The molecule has 0 bridgehead atoms. The Morgan fingerprint density at radius 3 is 2.43 bits per heavy atom. The van der Waals surface area contributed by atoms with Crippen LogP contribution in [0.2, 0.25) is 0 Å². The molecule has 5 heteroatoms. The van der Waals surface area contributed by atoms with E-state index in [1.165, 1.54) is 4.90 Å². The van der Waals surface area contributed by atoms with Crippen LogP contribution in [-0.2, 0) is 14.3 Å². The Balaban J connectivity index is 3.85. The first kappa shape index (κ1) is 12.9. The number of carbonyl (C=O) groups excluding carboxylic acids is 1. The lowest BCUT2D eigenvalue weighted by Gasteiger charge is -2.18. The molecule has 0 radical (unpaired) electrons. The van der Waals surface area contributed by atoms with Crippen molar-refractivity contribution < 1.29 is 19.4 Å². The molecule has 82 valence electrons. The standard InChI is InChI=1S/C9H17NO4/c1-3-10(7-9(12)13)8(11)5-6-14-4-2/h3-7H2,1-2H3,(H,12,13). The van der Waals surface area contributed by atoms with Crippen molar-refractivity contribution >= 4 is 11.9 Å². The third kappa shape index (κ3) is 5.53. The Morgan fingerprint density at radius 1 is 1.36 bits per heavy atom. The summed E-state index contributed by atoms with van der Waals surface area (Å²) >= 11 is 0. The molecule has 5 nitrogen and oxygen atoms in total. The van der Waals surface area contributed by atoms with Gasteiger partial charge in [0.15, 0.2) is 0 Å². The molecule has 0 aromatic rings. The van der Waals surface area contributed by atoms with E-state index >= 15 is 0 Å². The van der Waals surface area contributed by atoms with Crippen LogP contribution < -0.4 is 0 Å². The molecule has 0 saturated heterocycles. The van der Waals surface area contributed by atoms with Crippen molar-refractivity contribution in [3.05, 3.63) is 0 Å². The lowest BCUT2D eigenvalue weighted by molar-refractivity contribution is -0.144. The minimum Gasteiger partial charge on any atom is -0.480 e. The van der Waals surface area contributed by atoms with Gasteiger partial charge in [0.25, 0.3) is 0 Å². The summed E-state index contributed by atoms with van der Waals surface area (Å²) in [5.41, 5.74) is 0. The van der Waals surface area contributed by atoms with Crippen molar-refractivity contribution in [2.45, 2.75) is 20.3 Å². The van der Waals surface area contributed by atoms with E-state index in [2.05, 4.69) is 0 Å². The van der Waals surface area contributed by atoms with Gasteiger partial charge in [0.1, 0.15) is 6.54 Å². The molecule has 0 aliphatic heterocycles. The number of ether oxygens (including phenoxy) is 1. The first-order valence-electron chi connectivity index (χ1n) is 4.69. The maximum atomic E-state index is 11.4. The van der Waals surface area contributed by atoms with Crippen LogP contribution in [-0.4, -0.2) is 48.2 Å². The first-order valence-corrected chi connectivity index (χ1v) is 4.69. The fraction of sp³-hybridized carbons (Fsp3) is 0.778. The summed E-state index contributed by atoms with van der Waals surface area (Å²) in [6.45, 7) is 4.70. The molecule has 0 atom stereocenters. The Kier molecular flexibility index (Phi) is 6.74. The van der Waals surface area contributed by atoms with E-state index in [9.17, 15) is 9.59 Å². The number of hydrogen-bond acceptors (Lipinski definition) is 3. The maximum Gasteiger partial charge on any atom is 0.323 e. The van der Waals surface area contributed by atoms with E-state index in [0.29, 0.717) is 19.8 Å². The van der Waals surface area contributed by atoms with Crippen LogP contribution in [0.25, 0.3) is 0 Å². The molecule has 0 spiro atoms. The minimum atomic E-state index is -0.989. The topological polar surface area (TPSA) is 66.8 Å². The smallest absolute Gasteiger partial charge is 0.323 e. The van der Waals surface area contributed by atoms with Crippen LogP contribution in [0.5, 0.6) is 0 Å². The summed E-state index contributed by atoms with van der Waals surface area (Å²) in [6.07, 6.45) is 0.245. The summed E-state index contributed by atoms with van der Waals surface area (Å²) in [5, 5.41) is 8.51. The molecular weight excluding hydrogens is 186 g/mol. The van der Waals surface area contributed by atoms with Crippen LogP contribution in [0.15, 0.2) is 0 Å². The fourth-order valence-electron chi connectivity index (χ4n) is 1.00. The third-order valence-electron chi connectivity index (χ3n) is 1.72. The van der Waals surface area contributed by atoms with Gasteiger partial charge in [-0.15, -0.1) is 0 Å². The quantitative estimate of drug-likeness (QED) is 0.606. The molecule has 0 fully saturated rings. The van der Waals surface area contributed by atoms with Gasteiger partial charge >= 0.3 is 5.97 Å². The number of nitrogens with zero attached hydrogens (tertiary/aromatic N) is 1. The number of aliphatic carboxylic acids is 1. The number of rotatable bonds is 7. The van der Waals surface area contributed by atoms with Crippen LogP contribution in [0.3, 0.4) is 0 Å². The van der Waals surface area contributed by atoms with E-state index in [-0.39, 0.29) is 18.9 Å². The lowest BCUT2D eigenvalue weighted by Crippen LogP contribution is -2.35. The van der Waals surface area contributed by atoms with Gasteiger partial charge in [0.05, 0.1) is 13.0 Å². The molecule has 0 saturated carbocycles. The predicted octanol–water partition coefficient (Wildman–Crippen LogP) is 0.346. The molecule has 0 aromatic carbocycles. The molecule has 1 N–H and O–H groups in total. The van der Waals surface area contributed by atoms with Gasteiger partial charge in [-0.25, -0.2) is 0 Å². The van der Waals surface area contributed by atoms with Crippen molar-refractivity contribution in [3.8, 4) is 0 Å². The normalized spacial score (nSPS) is 9.86. The molecule has 0 heterocycles.